The summed E-state index contributed by atoms with van der Waals surface area (Å²) in [6, 6.07) is 15.0. The second-order valence-electron chi connectivity index (χ2n) is 6.87. The Bertz CT molecular complexity index is 1260. The predicted molar refractivity (Wildman–Crippen MR) is 117 cm³/mol. The molecule has 0 aliphatic heterocycles. The molecule has 0 amide bonds. The molecule has 2 aromatic heterocycles. The first kappa shape index (κ1) is 21.5. The molecule has 4 nitrogen and oxygen atoms in total. The molecule has 0 bridgehead atoms. The van der Waals surface area contributed by atoms with Gasteiger partial charge >= 0.3 is 6.18 Å². The van der Waals surface area contributed by atoms with E-state index < -0.39 is 11.7 Å². The maximum absolute atomic E-state index is 13.0. The summed E-state index contributed by atoms with van der Waals surface area (Å²) in [4.78, 5) is 17.0. The highest BCUT2D eigenvalue weighted by molar-refractivity contribution is 6.30. The van der Waals surface area contributed by atoms with Crippen molar-refractivity contribution in [2.24, 2.45) is 0 Å². The Morgan fingerprint density at radius 3 is 2.34 bits per heavy atom. The minimum absolute atomic E-state index is 0.295. The zero-order valence-electron chi connectivity index (χ0n) is 16.4. The Balaban J connectivity index is 1.71. The topological polar surface area (TPSA) is 47.8 Å². The van der Waals surface area contributed by atoms with Crippen molar-refractivity contribution in [3.8, 4) is 16.9 Å². The molecular formula is C24H15ClF3N3O. The van der Waals surface area contributed by atoms with E-state index in [2.05, 4.69) is 10.1 Å². The molecule has 32 heavy (non-hydrogen) atoms. The molecule has 0 atom stereocenters. The van der Waals surface area contributed by atoms with E-state index >= 15 is 0 Å². The number of nitrogens with zero attached hydrogens (tertiary/aromatic N) is 3. The largest absolute Gasteiger partial charge is 0.416 e. The molecule has 0 radical (unpaired) electrons. The highest BCUT2D eigenvalue weighted by atomic mass is 35.5. The summed E-state index contributed by atoms with van der Waals surface area (Å²) in [7, 11) is 0. The van der Waals surface area contributed by atoms with Crippen molar-refractivity contribution in [3.05, 3.63) is 107 Å². The fraction of sp³-hybridized carbons (Fsp3) is 0.0417. The average Bonchev–Trinajstić information content (AvgIpc) is 3.24. The first-order valence-electron chi connectivity index (χ1n) is 9.47. The number of carbonyl (C=O) groups excluding carboxylic acids is 1. The maximum Gasteiger partial charge on any atom is 0.416 e. The van der Waals surface area contributed by atoms with Gasteiger partial charge in [-0.2, -0.15) is 18.3 Å². The summed E-state index contributed by atoms with van der Waals surface area (Å²) < 4.78 is 40.0. The van der Waals surface area contributed by atoms with E-state index in [-0.39, 0.29) is 5.78 Å². The molecule has 0 unspecified atom stereocenters. The van der Waals surface area contributed by atoms with Gasteiger partial charge in [0.25, 0.3) is 0 Å². The lowest BCUT2D eigenvalue weighted by Crippen LogP contribution is -2.05. The lowest BCUT2D eigenvalue weighted by Gasteiger charge is -2.07. The molecule has 2 heterocycles. The van der Waals surface area contributed by atoms with E-state index in [9.17, 15) is 18.0 Å². The SMILES string of the molecule is O=C(C=Cc1ccc(Cl)cc1)c1cn(-c2ccc(C(F)(F)F)cc2)nc1-c1cccnc1. The second kappa shape index (κ2) is 8.80. The zero-order valence-corrected chi connectivity index (χ0v) is 17.2. The van der Waals surface area contributed by atoms with Crippen LogP contribution >= 0.6 is 11.6 Å². The van der Waals surface area contributed by atoms with Crippen LogP contribution in [0.25, 0.3) is 23.0 Å². The average molecular weight is 454 g/mol. The van der Waals surface area contributed by atoms with E-state index in [1.807, 2.05) is 0 Å². The van der Waals surface area contributed by atoms with Gasteiger partial charge in [-0.3, -0.25) is 9.78 Å². The fourth-order valence-corrected chi connectivity index (χ4v) is 3.17. The molecule has 0 aliphatic carbocycles. The number of pyridine rings is 1. The van der Waals surface area contributed by atoms with Crippen LogP contribution in [0.4, 0.5) is 13.2 Å². The number of hydrogen-bond acceptors (Lipinski definition) is 3. The van der Waals surface area contributed by atoms with Crippen molar-refractivity contribution in [2.75, 3.05) is 0 Å². The van der Waals surface area contributed by atoms with Crippen LogP contribution < -0.4 is 0 Å². The van der Waals surface area contributed by atoms with Crippen molar-refractivity contribution in [1.82, 2.24) is 14.8 Å². The molecule has 8 heteroatoms. The van der Waals surface area contributed by atoms with Gasteiger partial charge in [-0.25, -0.2) is 4.68 Å². The van der Waals surface area contributed by atoms with E-state index in [0.29, 0.717) is 27.5 Å². The van der Waals surface area contributed by atoms with Crippen LogP contribution in [0.3, 0.4) is 0 Å². The van der Waals surface area contributed by atoms with Gasteiger partial charge in [0.2, 0.25) is 0 Å². The van der Waals surface area contributed by atoms with Gasteiger partial charge in [-0.15, -0.1) is 0 Å². The number of alkyl halides is 3. The van der Waals surface area contributed by atoms with Crippen molar-refractivity contribution >= 4 is 23.5 Å². The summed E-state index contributed by atoms with van der Waals surface area (Å²) in [5.41, 5.74) is 1.71. The van der Waals surface area contributed by atoms with Gasteiger partial charge in [0, 0.05) is 29.2 Å². The van der Waals surface area contributed by atoms with Crippen molar-refractivity contribution < 1.29 is 18.0 Å². The van der Waals surface area contributed by atoms with Crippen LogP contribution in [0.2, 0.25) is 5.02 Å². The van der Waals surface area contributed by atoms with Crippen LogP contribution in [0.15, 0.2) is 85.3 Å². The molecule has 0 aliphatic rings. The van der Waals surface area contributed by atoms with Crippen LogP contribution in [0, 0.1) is 0 Å². The molecule has 2 aromatic carbocycles. The zero-order chi connectivity index (χ0) is 22.7. The van der Waals surface area contributed by atoms with E-state index in [4.69, 9.17) is 11.6 Å². The summed E-state index contributed by atoms with van der Waals surface area (Å²) >= 11 is 5.88. The third-order valence-electron chi connectivity index (χ3n) is 4.67. The standard InChI is InChI=1S/C24H15ClF3N3O/c25-19-8-3-16(4-9-19)5-12-22(32)21-15-31(30-23(21)17-2-1-13-29-14-17)20-10-6-18(7-11-20)24(26,27)28/h1-15H. The van der Waals surface area contributed by atoms with Crippen molar-refractivity contribution in [2.45, 2.75) is 6.18 Å². The number of allylic oxidation sites excluding steroid dienone is 1. The van der Waals surface area contributed by atoms with Gasteiger partial charge in [0.05, 0.1) is 16.8 Å². The summed E-state index contributed by atoms with van der Waals surface area (Å²) in [5, 5.41) is 5.04. The second-order valence-corrected chi connectivity index (χ2v) is 7.31. The van der Waals surface area contributed by atoms with Crippen molar-refractivity contribution in [1.29, 1.82) is 0 Å². The van der Waals surface area contributed by atoms with Gasteiger partial charge in [-0.1, -0.05) is 29.8 Å². The number of rotatable bonds is 5. The number of ketones is 1. The Morgan fingerprint density at radius 2 is 1.72 bits per heavy atom. The lowest BCUT2D eigenvalue weighted by atomic mass is 10.1. The number of benzene rings is 2. The molecule has 0 N–H and O–H groups in total. The Labute approximate surface area is 186 Å². The molecular weight excluding hydrogens is 439 g/mol. The van der Waals surface area contributed by atoms with E-state index in [1.54, 1.807) is 54.9 Å². The molecule has 4 rings (SSSR count). The summed E-state index contributed by atoms with van der Waals surface area (Å²) in [5.74, 6) is -0.308. The molecule has 0 saturated carbocycles. The minimum Gasteiger partial charge on any atom is -0.289 e. The highest BCUT2D eigenvalue weighted by Gasteiger charge is 2.30. The summed E-state index contributed by atoms with van der Waals surface area (Å²) in [6.45, 7) is 0. The van der Waals surface area contributed by atoms with Gasteiger partial charge in [-0.05, 0) is 60.2 Å². The van der Waals surface area contributed by atoms with Crippen LogP contribution in [0.1, 0.15) is 21.5 Å². The third-order valence-corrected chi connectivity index (χ3v) is 4.92. The monoisotopic (exact) mass is 453 g/mol. The number of hydrogen-bond donors (Lipinski definition) is 0. The Kier molecular flexibility index (Phi) is 5.92. The molecule has 160 valence electrons. The Hall–Kier alpha value is -3.71. The lowest BCUT2D eigenvalue weighted by molar-refractivity contribution is -0.137. The fourth-order valence-electron chi connectivity index (χ4n) is 3.04. The predicted octanol–water partition coefficient (Wildman–Crippen LogP) is 6.50. The number of halogens is 4. The minimum atomic E-state index is -4.43. The maximum atomic E-state index is 13.0. The van der Waals surface area contributed by atoms with Crippen molar-refractivity contribution in [3.63, 3.8) is 0 Å². The van der Waals surface area contributed by atoms with E-state index in [1.165, 1.54) is 29.1 Å². The first-order valence-corrected chi connectivity index (χ1v) is 9.85. The number of aromatic nitrogens is 3. The van der Waals surface area contributed by atoms with Crippen LogP contribution in [-0.2, 0) is 6.18 Å². The van der Waals surface area contributed by atoms with Gasteiger partial charge in [0.15, 0.2) is 5.78 Å². The smallest absolute Gasteiger partial charge is 0.289 e. The highest BCUT2D eigenvalue weighted by Crippen LogP contribution is 2.30. The quantitative estimate of drug-likeness (QED) is 0.256. The third kappa shape index (κ3) is 4.78. The molecule has 0 saturated heterocycles. The first-order chi connectivity index (χ1) is 15.3. The van der Waals surface area contributed by atoms with Gasteiger partial charge in [0.1, 0.15) is 5.69 Å². The molecule has 0 spiro atoms. The normalized spacial score (nSPS) is 11.8. The number of carbonyl (C=O) groups is 1. The molecule has 0 fully saturated rings. The Morgan fingerprint density at radius 1 is 1.00 bits per heavy atom. The molecule has 4 aromatic rings. The van der Waals surface area contributed by atoms with Gasteiger partial charge < -0.3 is 0 Å². The van der Waals surface area contributed by atoms with E-state index in [0.717, 1.165) is 17.7 Å². The van der Waals surface area contributed by atoms with Crippen LogP contribution in [0.5, 0.6) is 0 Å². The summed E-state index contributed by atoms with van der Waals surface area (Å²) in [6.07, 6.45) is 3.30. The van der Waals surface area contributed by atoms with Crippen LogP contribution in [-0.4, -0.2) is 20.5 Å².